The largest absolute Gasteiger partial charge is 0.462 e. The first-order valence-electron chi connectivity index (χ1n) is 7.85. The summed E-state index contributed by atoms with van der Waals surface area (Å²) < 4.78 is 5.13. The zero-order chi connectivity index (χ0) is 17.6. The molecule has 126 valence electrons. The molecule has 0 N–H and O–H groups in total. The molecular weight excluding hydrogens is 320 g/mol. The fourth-order valence-electron chi connectivity index (χ4n) is 1.93. The van der Waals surface area contributed by atoms with Crippen LogP contribution in [0, 0.1) is 0 Å². The van der Waals surface area contributed by atoms with Gasteiger partial charge in [0.15, 0.2) is 0 Å². The SMILES string of the molecule is CCOC(=O)c1ccc(N=Nc2ccc(SC(C)(C)C)cc2)cc1. The number of hydrogen-bond donors (Lipinski definition) is 0. The minimum Gasteiger partial charge on any atom is -0.462 e. The zero-order valence-corrected chi connectivity index (χ0v) is 15.3. The molecule has 0 aromatic heterocycles. The summed E-state index contributed by atoms with van der Waals surface area (Å²) in [5.74, 6) is -0.326. The Morgan fingerprint density at radius 3 is 1.92 bits per heavy atom. The van der Waals surface area contributed by atoms with Crippen molar-refractivity contribution in [2.75, 3.05) is 6.61 Å². The number of carbonyl (C=O) groups excluding carboxylic acids is 1. The molecule has 0 atom stereocenters. The van der Waals surface area contributed by atoms with Crippen molar-refractivity contribution in [3.63, 3.8) is 0 Å². The quantitative estimate of drug-likeness (QED) is 0.371. The minimum absolute atomic E-state index is 0.184. The highest BCUT2D eigenvalue weighted by atomic mass is 32.2. The minimum atomic E-state index is -0.326. The van der Waals surface area contributed by atoms with E-state index in [2.05, 4.69) is 31.0 Å². The molecule has 0 spiro atoms. The highest BCUT2D eigenvalue weighted by Gasteiger charge is 2.11. The van der Waals surface area contributed by atoms with Gasteiger partial charge in [0, 0.05) is 9.64 Å². The van der Waals surface area contributed by atoms with Gasteiger partial charge in [-0.2, -0.15) is 10.2 Å². The molecule has 2 rings (SSSR count). The summed E-state index contributed by atoms with van der Waals surface area (Å²) in [5.41, 5.74) is 2.00. The van der Waals surface area contributed by atoms with Crippen LogP contribution in [0.4, 0.5) is 11.4 Å². The molecule has 0 aliphatic carbocycles. The number of thioether (sulfide) groups is 1. The van der Waals surface area contributed by atoms with Crippen LogP contribution in [0.5, 0.6) is 0 Å². The van der Waals surface area contributed by atoms with E-state index in [0.717, 1.165) is 5.69 Å². The van der Waals surface area contributed by atoms with Crippen LogP contribution in [0.25, 0.3) is 0 Å². The lowest BCUT2D eigenvalue weighted by Gasteiger charge is -2.17. The summed E-state index contributed by atoms with van der Waals surface area (Å²) in [5, 5.41) is 8.42. The molecule has 24 heavy (non-hydrogen) atoms. The van der Waals surface area contributed by atoms with Gasteiger partial charge in [-0.1, -0.05) is 20.8 Å². The molecular formula is C19H22N2O2S. The number of ether oxygens (including phenoxy) is 1. The smallest absolute Gasteiger partial charge is 0.338 e. The van der Waals surface area contributed by atoms with Gasteiger partial charge in [-0.05, 0) is 55.5 Å². The van der Waals surface area contributed by atoms with E-state index in [1.54, 1.807) is 31.2 Å². The Kier molecular flexibility index (Phi) is 6.15. The van der Waals surface area contributed by atoms with Gasteiger partial charge in [-0.25, -0.2) is 4.79 Å². The highest BCUT2D eigenvalue weighted by molar-refractivity contribution is 8.00. The molecule has 0 saturated carbocycles. The average Bonchev–Trinajstić information content (AvgIpc) is 2.53. The van der Waals surface area contributed by atoms with Crippen molar-refractivity contribution in [1.29, 1.82) is 0 Å². The lowest BCUT2D eigenvalue weighted by Crippen LogP contribution is -2.06. The predicted octanol–water partition coefficient (Wildman–Crippen LogP) is 6.17. The Bertz CT molecular complexity index is 702. The second-order valence-corrected chi connectivity index (χ2v) is 8.08. The van der Waals surface area contributed by atoms with Crippen molar-refractivity contribution in [2.24, 2.45) is 10.2 Å². The average molecular weight is 342 g/mol. The second kappa shape index (κ2) is 8.11. The van der Waals surface area contributed by atoms with Gasteiger partial charge < -0.3 is 4.74 Å². The first kappa shape index (κ1) is 18.2. The van der Waals surface area contributed by atoms with Gasteiger partial charge in [0.1, 0.15) is 0 Å². The predicted molar refractivity (Wildman–Crippen MR) is 98.6 cm³/mol. The third-order valence-electron chi connectivity index (χ3n) is 2.92. The molecule has 0 amide bonds. The van der Waals surface area contributed by atoms with Gasteiger partial charge >= 0.3 is 5.97 Å². The number of rotatable bonds is 5. The summed E-state index contributed by atoms with van der Waals surface area (Å²) >= 11 is 1.82. The number of hydrogen-bond acceptors (Lipinski definition) is 5. The number of nitrogens with zero attached hydrogens (tertiary/aromatic N) is 2. The maximum absolute atomic E-state index is 11.6. The summed E-state index contributed by atoms with van der Waals surface area (Å²) in [4.78, 5) is 12.8. The molecule has 0 bridgehead atoms. The number of carbonyl (C=O) groups is 1. The van der Waals surface area contributed by atoms with E-state index in [-0.39, 0.29) is 10.7 Å². The molecule has 0 aliphatic heterocycles. The van der Waals surface area contributed by atoms with Gasteiger partial charge in [0.2, 0.25) is 0 Å². The lowest BCUT2D eigenvalue weighted by atomic mass is 10.2. The van der Waals surface area contributed by atoms with Crippen LogP contribution in [0.2, 0.25) is 0 Å². The monoisotopic (exact) mass is 342 g/mol. The summed E-state index contributed by atoms with van der Waals surface area (Å²) in [6.45, 7) is 8.71. The summed E-state index contributed by atoms with van der Waals surface area (Å²) in [6, 6.07) is 14.9. The molecule has 5 heteroatoms. The Labute approximate surface area is 147 Å². The highest BCUT2D eigenvalue weighted by Crippen LogP contribution is 2.32. The molecule has 2 aromatic rings. The van der Waals surface area contributed by atoms with Crippen molar-refractivity contribution in [3.05, 3.63) is 54.1 Å². The van der Waals surface area contributed by atoms with Crippen molar-refractivity contribution < 1.29 is 9.53 Å². The van der Waals surface area contributed by atoms with Crippen LogP contribution in [-0.4, -0.2) is 17.3 Å². The third-order valence-corrected chi connectivity index (χ3v) is 4.04. The van der Waals surface area contributed by atoms with E-state index in [1.165, 1.54) is 4.90 Å². The van der Waals surface area contributed by atoms with E-state index in [1.807, 2.05) is 36.0 Å². The first-order valence-corrected chi connectivity index (χ1v) is 8.67. The van der Waals surface area contributed by atoms with E-state index in [0.29, 0.717) is 17.9 Å². The van der Waals surface area contributed by atoms with E-state index in [4.69, 9.17) is 4.74 Å². The van der Waals surface area contributed by atoms with E-state index in [9.17, 15) is 4.79 Å². The fraction of sp³-hybridized carbons (Fsp3) is 0.316. The molecule has 0 unspecified atom stereocenters. The first-order chi connectivity index (χ1) is 11.4. The van der Waals surface area contributed by atoms with Gasteiger partial charge in [0.05, 0.1) is 23.5 Å². The molecule has 0 saturated heterocycles. The standard InChI is InChI=1S/C19H22N2O2S/c1-5-23-18(22)14-6-8-15(9-7-14)20-21-16-10-12-17(13-11-16)24-19(2,3)4/h6-13H,5H2,1-4H3. The fourth-order valence-corrected chi connectivity index (χ4v) is 2.91. The Morgan fingerprint density at radius 1 is 0.958 bits per heavy atom. The van der Waals surface area contributed by atoms with Crippen LogP contribution in [0.3, 0.4) is 0 Å². The van der Waals surface area contributed by atoms with Gasteiger partial charge in [0.25, 0.3) is 0 Å². The molecule has 4 nitrogen and oxygen atoms in total. The maximum Gasteiger partial charge on any atom is 0.338 e. The van der Waals surface area contributed by atoms with E-state index >= 15 is 0 Å². The van der Waals surface area contributed by atoms with Crippen molar-refractivity contribution >= 4 is 29.1 Å². The van der Waals surface area contributed by atoms with E-state index < -0.39 is 0 Å². The molecule has 0 aliphatic rings. The topological polar surface area (TPSA) is 51.0 Å². The van der Waals surface area contributed by atoms with Crippen molar-refractivity contribution in [1.82, 2.24) is 0 Å². The number of benzene rings is 2. The van der Waals surface area contributed by atoms with Crippen LogP contribution in [-0.2, 0) is 4.74 Å². The van der Waals surface area contributed by atoms with Crippen LogP contribution in [0.1, 0.15) is 38.1 Å². The number of azo groups is 1. The van der Waals surface area contributed by atoms with Crippen LogP contribution < -0.4 is 0 Å². The number of esters is 1. The van der Waals surface area contributed by atoms with Crippen LogP contribution in [0.15, 0.2) is 63.7 Å². The summed E-state index contributed by atoms with van der Waals surface area (Å²) in [7, 11) is 0. The van der Waals surface area contributed by atoms with Gasteiger partial charge in [-0.3, -0.25) is 0 Å². The maximum atomic E-state index is 11.6. The van der Waals surface area contributed by atoms with Crippen molar-refractivity contribution in [3.8, 4) is 0 Å². The Hall–Kier alpha value is -2.14. The molecule has 0 heterocycles. The van der Waals surface area contributed by atoms with Crippen LogP contribution >= 0.6 is 11.8 Å². The lowest BCUT2D eigenvalue weighted by molar-refractivity contribution is 0.0526. The Morgan fingerprint density at radius 2 is 1.46 bits per heavy atom. The normalized spacial score (nSPS) is 11.7. The molecule has 2 aromatic carbocycles. The Balaban J connectivity index is 2.01. The third kappa shape index (κ3) is 5.81. The molecule has 0 fully saturated rings. The van der Waals surface area contributed by atoms with Gasteiger partial charge in [-0.15, -0.1) is 11.8 Å². The molecule has 0 radical (unpaired) electrons. The zero-order valence-electron chi connectivity index (χ0n) is 14.4. The summed E-state index contributed by atoms with van der Waals surface area (Å²) in [6.07, 6.45) is 0. The van der Waals surface area contributed by atoms with Crippen molar-refractivity contribution in [2.45, 2.75) is 37.3 Å². The second-order valence-electron chi connectivity index (χ2n) is 6.18.